The van der Waals surface area contributed by atoms with Crippen molar-refractivity contribution in [1.82, 2.24) is 15.0 Å². The SMILES string of the molecule is COc1cccc(COC[C@H](O)CN2CCC[C@@H]2c2noc(C)n2)c1. The Morgan fingerprint density at radius 2 is 2.32 bits per heavy atom. The average Bonchev–Trinajstić information content (AvgIpc) is 3.23. The molecule has 0 spiro atoms. The molecule has 0 radical (unpaired) electrons. The third-order valence-electron chi connectivity index (χ3n) is 4.36. The number of ether oxygens (including phenoxy) is 2. The number of aliphatic hydroxyl groups is 1. The molecule has 2 aromatic rings. The number of benzene rings is 1. The van der Waals surface area contributed by atoms with Crippen LogP contribution in [0, 0.1) is 6.92 Å². The lowest BCUT2D eigenvalue weighted by molar-refractivity contribution is 0.00707. The van der Waals surface area contributed by atoms with E-state index in [1.165, 1.54) is 0 Å². The van der Waals surface area contributed by atoms with E-state index in [1.807, 2.05) is 24.3 Å². The molecule has 1 aromatic heterocycles. The maximum atomic E-state index is 10.3. The lowest BCUT2D eigenvalue weighted by Crippen LogP contribution is -2.35. The van der Waals surface area contributed by atoms with E-state index in [0.29, 0.717) is 24.9 Å². The van der Waals surface area contributed by atoms with Gasteiger partial charge < -0.3 is 19.1 Å². The van der Waals surface area contributed by atoms with Crippen molar-refractivity contribution in [1.29, 1.82) is 0 Å². The first kappa shape index (κ1) is 17.8. The predicted molar refractivity (Wildman–Crippen MR) is 91.2 cm³/mol. The number of hydrogen-bond acceptors (Lipinski definition) is 7. The van der Waals surface area contributed by atoms with Crippen LogP contribution in [0.15, 0.2) is 28.8 Å². The maximum Gasteiger partial charge on any atom is 0.223 e. The van der Waals surface area contributed by atoms with Gasteiger partial charge in [0.1, 0.15) is 5.75 Å². The molecule has 1 aromatic carbocycles. The number of methoxy groups -OCH3 is 1. The van der Waals surface area contributed by atoms with Gasteiger partial charge in [-0.2, -0.15) is 4.98 Å². The number of rotatable bonds is 8. The first-order valence-electron chi connectivity index (χ1n) is 8.58. The van der Waals surface area contributed by atoms with Gasteiger partial charge in [0.2, 0.25) is 5.89 Å². The molecule has 0 unspecified atom stereocenters. The number of nitrogens with zero attached hydrogens (tertiary/aromatic N) is 3. The number of aromatic nitrogens is 2. The molecule has 136 valence electrons. The number of β-amino-alcohol motifs (C(OH)–C–C–N with tert-alkyl or cyclic N) is 1. The number of likely N-dealkylation sites (tertiary alicyclic amines) is 1. The van der Waals surface area contributed by atoms with Gasteiger partial charge in [-0.3, -0.25) is 4.90 Å². The molecule has 2 atom stereocenters. The second-order valence-electron chi connectivity index (χ2n) is 6.35. The van der Waals surface area contributed by atoms with Crippen molar-refractivity contribution >= 4 is 0 Å². The highest BCUT2D eigenvalue weighted by Crippen LogP contribution is 2.30. The number of aliphatic hydroxyl groups excluding tert-OH is 1. The summed E-state index contributed by atoms with van der Waals surface area (Å²) in [5.41, 5.74) is 1.02. The van der Waals surface area contributed by atoms with Gasteiger partial charge in [0, 0.05) is 13.5 Å². The Balaban J connectivity index is 1.46. The van der Waals surface area contributed by atoms with E-state index in [9.17, 15) is 5.11 Å². The Kier molecular flexibility index (Phi) is 6.01. The minimum absolute atomic E-state index is 0.116. The summed E-state index contributed by atoms with van der Waals surface area (Å²) in [5, 5.41) is 14.3. The molecule has 1 saturated heterocycles. The second-order valence-corrected chi connectivity index (χ2v) is 6.35. The van der Waals surface area contributed by atoms with Crippen molar-refractivity contribution in [2.75, 3.05) is 26.8 Å². The largest absolute Gasteiger partial charge is 0.497 e. The van der Waals surface area contributed by atoms with Gasteiger partial charge in [-0.25, -0.2) is 0 Å². The van der Waals surface area contributed by atoms with Crippen LogP contribution in [-0.2, 0) is 11.3 Å². The molecule has 0 amide bonds. The van der Waals surface area contributed by atoms with E-state index in [-0.39, 0.29) is 12.6 Å². The molecule has 1 N–H and O–H groups in total. The second kappa shape index (κ2) is 8.42. The van der Waals surface area contributed by atoms with Crippen molar-refractivity contribution in [3.05, 3.63) is 41.5 Å². The Bertz CT molecular complexity index is 676. The molecule has 1 aliphatic heterocycles. The molecule has 7 nitrogen and oxygen atoms in total. The molecular weight excluding hydrogens is 322 g/mol. The lowest BCUT2D eigenvalue weighted by atomic mass is 10.2. The molecule has 2 heterocycles. The lowest BCUT2D eigenvalue weighted by Gasteiger charge is -2.24. The topological polar surface area (TPSA) is 80.9 Å². The molecule has 3 rings (SSSR count). The van der Waals surface area contributed by atoms with Crippen LogP contribution in [0.3, 0.4) is 0 Å². The van der Waals surface area contributed by atoms with Crippen LogP contribution in [0.5, 0.6) is 5.75 Å². The summed E-state index contributed by atoms with van der Waals surface area (Å²) in [6.45, 7) is 3.98. The van der Waals surface area contributed by atoms with Gasteiger partial charge in [-0.05, 0) is 37.1 Å². The van der Waals surface area contributed by atoms with Crippen molar-refractivity contribution in [2.45, 2.75) is 38.5 Å². The van der Waals surface area contributed by atoms with Crippen LogP contribution in [0.25, 0.3) is 0 Å². The van der Waals surface area contributed by atoms with E-state index in [2.05, 4.69) is 15.0 Å². The fourth-order valence-corrected chi connectivity index (χ4v) is 3.19. The highest BCUT2D eigenvalue weighted by molar-refractivity contribution is 5.27. The molecule has 7 heteroatoms. The fraction of sp³-hybridized carbons (Fsp3) is 0.556. The monoisotopic (exact) mass is 347 g/mol. The van der Waals surface area contributed by atoms with E-state index >= 15 is 0 Å². The smallest absolute Gasteiger partial charge is 0.223 e. The Labute approximate surface area is 147 Å². The third-order valence-corrected chi connectivity index (χ3v) is 4.36. The van der Waals surface area contributed by atoms with Crippen LogP contribution < -0.4 is 4.74 Å². The van der Waals surface area contributed by atoms with Crippen molar-refractivity contribution in [2.24, 2.45) is 0 Å². The molecule has 0 saturated carbocycles. The zero-order valence-electron chi connectivity index (χ0n) is 14.7. The van der Waals surface area contributed by atoms with Crippen LogP contribution >= 0.6 is 0 Å². The zero-order chi connectivity index (χ0) is 17.6. The van der Waals surface area contributed by atoms with Crippen LogP contribution in [0.4, 0.5) is 0 Å². The molecule has 1 fully saturated rings. The van der Waals surface area contributed by atoms with E-state index < -0.39 is 6.10 Å². The third kappa shape index (κ3) is 4.78. The summed E-state index contributed by atoms with van der Waals surface area (Å²) in [5.74, 6) is 2.08. The quantitative estimate of drug-likeness (QED) is 0.783. The van der Waals surface area contributed by atoms with Gasteiger partial charge in [0.15, 0.2) is 5.82 Å². The van der Waals surface area contributed by atoms with E-state index in [1.54, 1.807) is 14.0 Å². The molecule has 25 heavy (non-hydrogen) atoms. The molecule has 1 aliphatic rings. The summed E-state index contributed by atoms with van der Waals surface area (Å²) >= 11 is 0. The summed E-state index contributed by atoms with van der Waals surface area (Å²) in [7, 11) is 1.64. The Morgan fingerprint density at radius 1 is 1.44 bits per heavy atom. The first-order valence-corrected chi connectivity index (χ1v) is 8.58. The van der Waals surface area contributed by atoms with Gasteiger partial charge in [0.25, 0.3) is 0 Å². The molecular formula is C18H25N3O4. The summed E-state index contributed by atoms with van der Waals surface area (Å²) in [6, 6.07) is 7.84. The van der Waals surface area contributed by atoms with Gasteiger partial charge in [-0.15, -0.1) is 0 Å². The van der Waals surface area contributed by atoms with Crippen molar-refractivity contribution < 1.29 is 19.1 Å². The summed E-state index contributed by atoms with van der Waals surface area (Å²) in [6.07, 6.45) is 1.49. The van der Waals surface area contributed by atoms with E-state index in [0.717, 1.165) is 30.7 Å². The molecule has 0 bridgehead atoms. The predicted octanol–water partition coefficient (Wildman–Crippen LogP) is 2.10. The Morgan fingerprint density at radius 3 is 3.08 bits per heavy atom. The fourth-order valence-electron chi connectivity index (χ4n) is 3.19. The van der Waals surface area contributed by atoms with Gasteiger partial charge >= 0.3 is 0 Å². The zero-order valence-corrected chi connectivity index (χ0v) is 14.7. The molecule has 0 aliphatic carbocycles. The minimum Gasteiger partial charge on any atom is -0.497 e. The minimum atomic E-state index is -0.556. The number of hydrogen-bond donors (Lipinski definition) is 1. The normalized spacial score (nSPS) is 19.2. The van der Waals surface area contributed by atoms with Crippen LogP contribution in [0.1, 0.15) is 36.2 Å². The van der Waals surface area contributed by atoms with Gasteiger partial charge in [-0.1, -0.05) is 17.3 Å². The van der Waals surface area contributed by atoms with Crippen LogP contribution in [0.2, 0.25) is 0 Å². The van der Waals surface area contributed by atoms with Crippen molar-refractivity contribution in [3.8, 4) is 5.75 Å². The van der Waals surface area contributed by atoms with Gasteiger partial charge in [0.05, 0.1) is 32.5 Å². The van der Waals surface area contributed by atoms with Crippen LogP contribution in [-0.4, -0.2) is 53.1 Å². The highest BCUT2D eigenvalue weighted by Gasteiger charge is 2.30. The first-order chi connectivity index (χ1) is 12.2. The number of aryl methyl sites for hydroxylation is 1. The van der Waals surface area contributed by atoms with E-state index in [4.69, 9.17) is 14.0 Å². The summed E-state index contributed by atoms with van der Waals surface area (Å²) < 4.78 is 15.9. The standard InChI is InChI=1S/C18H25N3O4/c1-13-19-18(20-25-13)17-7-4-8-21(17)10-15(22)12-24-11-14-5-3-6-16(9-14)23-2/h3,5-6,9,15,17,22H,4,7-8,10-12H2,1-2H3/t15-,17-/m1/s1. The average molecular weight is 347 g/mol. The summed E-state index contributed by atoms with van der Waals surface area (Å²) in [4.78, 5) is 6.52. The highest BCUT2D eigenvalue weighted by atomic mass is 16.5. The van der Waals surface area contributed by atoms with Crippen molar-refractivity contribution in [3.63, 3.8) is 0 Å². The maximum absolute atomic E-state index is 10.3. The Hall–Kier alpha value is -1.96.